The number of halogens is 2. The summed E-state index contributed by atoms with van der Waals surface area (Å²) in [5.74, 6) is -0.418. The topological polar surface area (TPSA) is 32.9 Å². The molecule has 4 heteroatoms. The lowest BCUT2D eigenvalue weighted by molar-refractivity contribution is 0.629. The third-order valence-electron chi connectivity index (χ3n) is 2.01. The Hall–Kier alpha value is -1.16. The van der Waals surface area contributed by atoms with Gasteiger partial charge in [-0.2, -0.15) is 0 Å². The maximum atomic E-state index is 13.0. The number of benzene rings is 1. The normalized spacial score (nSPS) is 10.8. The molecule has 1 aromatic carbocycles. The van der Waals surface area contributed by atoms with E-state index in [1.807, 2.05) is 0 Å². The van der Waals surface area contributed by atoms with Gasteiger partial charge in [0.05, 0.1) is 5.39 Å². The minimum Gasteiger partial charge on any atom is -0.326 e. The van der Waals surface area contributed by atoms with Crippen molar-refractivity contribution in [3.8, 4) is 0 Å². The quantitative estimate of drug-likeness (QED) is 0.772. The van der Waals surface area contributed by atoms with E-state index in [9.17, 15) is 9.18 Å². The zero-order valence-electron chi connectivity index (χ0n) is 7.40. The van der Waals surface area contributed by atoms with Crippen molar-refractivity contribution in [2.45, 2.75) is 6.92 Å². The number of pyridine rings is 1. The molecule has 2 rings (SSSR count). The molecule has 0 radical (unpaired) electrons. The van der Waals surface area contributed by atoms with E-state index in [0.29, 0.717) is 9.86 Å². The van der Waals surface area contributed by atoms with Gasteiger partial charge in [-0.25, -0.2) is 4.39 Å². The second kappa shape index (κ2) is 3.20. The number of aromatic amines is 1. The van der Waals surface area contributed by atoms with Crippen LogP contribution >= 0.6 is 15.9 Å². The van der Waals surface area contributed by atoms with Crippen molar-refractivity contribution in [1.82, 2.24) is 4.98 Å². The lowest BCUT2D eigenvalue weighted by Gasteiger charge is -2.01. The third-order valence-corrected chi connectivity index (χ3v) is 2.67. The van der Waals surface area contributed by atoms with Crippen LogP contribution in [0.1, 0.15) is 5.69 Å². The summed E-state index contributed by atoms with van der Waals surface area (Å²) in [4.78, 5) is 14.1. The van der Waals surface area contributed by atoms with Gasteiger partial charge in [-0.3, -0.25) is 4.79 Å². The van der Waals surface area contributed by atoms with E-state index in [1.165, 1.54) is 12.1 Å². The lowest BCUT2D eigenvalue weighted by atomic mass is 10.1. The monoisotopic (exact) mass is 255 g/mol. The van der Waals surface area contributed by atoms with Gasteiger partial charge < -0.3 is 4.98 Å². The molecular weight excluding hydrogens is 249 g/mol. The molecule has 2 nitrogen and oxygen atoms in total. The summed E-state index contributed by atoms with van der Waals surface area (Å²) in [5.41, 5.74) is 0.495. The molecule has 1 aromatic heterocycles. The number of aromatic nitrogens is 1. The SMILES string of the molecule is Cc1cc2c(Br)cc(F)cc2c(=O)[nH]1. The highest BCUT2D eigenvalue weighted by molar-refractivity contribution is 9.10. The van der Waals surface area contributed by atoms with Gasteiger partial charge in [0.1, 0.15) is 5.82 Å². The van der Waals surface area contributed by atoms with Gasteiger partial charge in [0.15, 0.2) is 0 Å². The zero-order chi connectivity index (χ0) is 10.3. The Balaban J connectivity index is 3.02. The van der Waals surface area contributed by atoms with Crippen LogP contribution in [0.25, 0.3) is 10.8 Å². The Morgan fingerprint density at radius 3 is 2.71 bits per heavy atom. The smallest absolute Gasteiger partial charge is 0.256 e. The molecule has 0 aliphatic heterocycles. The summed E-state index contributed by atoms with van der Waals surface area (Å²) >= 11 is 3.22. The van der Waals surface area contributed by atoms with Crippen molar-refractivity contribution in [3.05, 3.63) is 44.5 Å². The minimum atomic E-state index is -0.418. The summed E-state index contributed by atoms with van der Waals surface area (Å²) in [7, 11) is 0. The van der Waals surface area contributed by atoms with E-state index in [2.05, 4.69) is 20.9 Å². The van der Waals surface area contributed by atoms with Crippen molar-refractivity contribution in [3.63, 3.8) is 0 Å². The second-order valence-corrected chi connectivity index (χ2v) is 3.98. The largest absolute Gasteiger partial charge is 0.326 e. The molecule has 0 unspecified atom stereocenters. The van der Waals surface area contributed by atoms with Crippen molar-refractivity contribution < 1.29 is 4.39 Å². The first-order valence-corrected chi connectivity index (χ1v) is 4.86. The predicted octanol–water partition coefficient (Wildman–Crippen LogP) is 2.74. The average molecular weight is 256 g/mol. The van der Waals surface area contributed by atoms with Gasteiger partial charge in [0.25, 0.3) is 5.56 Å². The van der Waals surface area contributed by atoms with Crippen LogP contribution in [-0.2, 0) is 0 Å². The number of fused-ring (bicyclic) bond motifs is 1. The van der Waals surface area contributed by atoms with E-state index >= 15 is 0 Å². The molecule has 1 heterocycles. The Morgan fingerprint density at radius 2 is 2.00 bits per heavy atom. The van der Waals surface area contributed by atoms with Crippen LogP contribution < -0.4 is 5.56 Å². The Morgan fingerprint density at radius 1 is 1.29 bits per heavy atom. The third kappa shape index (κ3) is 1.46. The molecule has 72 valence electrons. The van der Waals surface area contributed by atoms with Crippen LogP contribution in [0, 0.1) is 12.7 Å². The van der Waals surface area contributed by atoms with Gasteiger partial charge in [-0.05, 0) is 25.1 Å². The van der Waals surface area contributed by atoms with E-state index in [4.69, 9.17) is 0 Å². The van der Waals surface area contributed by atoms with Crippen molar-refractivity contribution in [2.24, 2.45) is 0 Å². The Kier molecular flexibility index (Phi) is 2.15. The molecule has 0 spiro atoms. The van der Waals surface area contributed by atoms with Crippen LogP contribution in [0.4, 0.5) is 4.39 Å². The van der Waals surface area contributed by atoms with E-state index in [0.717, 1.165) is 11.1 Å². The molecule has 0 aliphatic carbocycles. The van der Waals surface area contributed by atoms with Crippen molar-refractivity contribution in [1.29, 1.82) is 0 Å². The summed E-state index contributed by atoms with van der Waals surface area (Å²) < 4.78 is 13.6. The molecule has 2 aromatic rings. The standard InChI is InChI=1S/C10H7BrFNO/c1-5-2-7-8(10(14)13-5)3-6(12)4-9(7)11/h2-4H,1H3,(H,13,14). The molecule has 14 heavy (non-hydrogen) atoms. The van der Waals surface area contributed by atoms with Crippen molar-refractivity contribution in [2.75, 3.05) is 0 Å². The molecular formula is C10H7BrFNO. The van der Waals surface area contributed by atoms with Gasteiger partial charge in [-0.15, -0.1) is 0 Å². The molecule has 0 bridgehead atoms. The van der Waals surface area contributed by atoms with Crippen LogP contribution in [0.3, 0.4) is 0 Å². The first-order valence-electron chi connectivity index (χ1n) is 4.06. The predicted molar refractivity (Wildman–Crippen MR) is 57.0 cm³/mol. The van der Waals surface area contributed by atoms with Crippen molar-refractivity contribution >= 4 is 26.7 Å². The van der Waals surface area contributed by atoms with Gasteiger partial charge in [-0.1, -0.05) is 15.9 Å². The van der Waals surface area contributed by atoms with Crippen LogP contribution in [0.15, 0.2) is 27.5 Å². The Labute approximate surface area is 87.9 Å². The van der Waals surface area contributed by atoms with E-state index < -0.39 is 5.82 Å². The number of H-pyrrole nitrogens is 1. The summed E-state index contributed by atoms with van der Waals surface area (Å²) in [5, 5.41) is 1.09. The number of rotatable bonds is 0. The summed E-state index contributed by atoms with van der Waals surface area (Å²) in [6.07, 6.45) is 0. The highest BCUT2D eigenvalue weighted by Crippen LogP contribution is 2.23. The molecule has 0 atom stereocenters. The lowest BCUT2D eigenvalue weighted by Crippen LogP contribution is -2.07. The fraction of sp³-hybridized carbons (Fsp3) is 0.100. The number of aryl methyl sites for hydroxylation is 1. The molecule has 0 amide bonds. The number of nitrogens with one attached hydrogen (secondary N) is 1. The number of hydrogen-bond acceptors (Lipinski definition) is 1. The first kappa shape index (κ1) is 9.40. The highest BCUT2D eigenvalue weighted by atomic mass is 79.9. The first-order chi connectivity index (χ1) is 6.58. The average Bonchev–Trinajstić information content (AvgIpc) is 2.07. The Bertz CT molecular complexity index is 562. The fourth-order valence-corrected chi connectivity index (χ4v) is 1.97. The maximum absolute atomic E-state index is 13.0. The minimum absolute atomic E-state index is 0.264. The summed E-state index contributed by atoms with van der Waals surface area (Å²) in [6.45, 7) is 1.79. The van der Waals surface area contributed by atoms with Crippen LogP contribution in [0.2, 0.25) is 0 Å². The van der Waals surface area contributed by atoms with E-state index in [1.54, 1.807) is 13.0 Å². The molecule has 0 saturated carbocycles. The zero-order valence-corrected chi connectivity index (χ0v) is 8.98. The van der Waals surface area contributed by atoms with Gasteiger partial charge >= 0.3 is 0 Å². The molecule has 0 aliphatic rings. The molecule has 1 N–H and O–H groups in total. The van der Waals surface area contributed by atoms with Gasteiger partial charge in [0, 0.05) is 15.6 Å². The number of hydrogen-bond donors (Lipinski definition) is 1. The van der Waals surface area contributed by atoms with Gasteiger partial charge in [0.2, 0.25) is 0 Å². The fourth-order valence-electron chi connectivity index (χ4n) is 1.42. The van der Waals surface area contributed by atoms with Crippen LogP contribution in [-0.4, -0.2) is 4.98 Å². The maximum Gasteiger partial charge on any atom is 0.256 e. The highest BCUT2D eigenvalue weighted by Gasteiger charge is 2.05. The second-order valence-electron chi connectivity index (χ2n) is 3.13. The molecule has 0 fully saturated rings. The summed E-state index contributed by atoms with van der Waals surface area (Å²) in [6, 6.07) is 4.39. The molecule has 0 saturated heterocycles. The van der Waals surface area contributed by atoms with Crippen LogP contribution in [0.5, 0.6) is 0 Å². The van der Waals surface area contributed by atoms with E-state index in [-0.39, 0.29) is 5.56 Å².